The van der Waals surface area contributed by atoms with Gasteiger partial charge in [0.1, 0.15) is 0 Å². The third kappa shape index (κ3) is 5.28. The average Bonchev–Trinajstić information content (AvgIpc) is 2.56. The van der Waals surface area contributed by atoms with Gasteiger partial charge < -0.3 is 5.32 Å². The predicted molar refractivity (Wildman–Crippen MR) is 101 cm³/mol. The maximum atomic E-state index is 12.7. The maximum Gasteiger partial charge on any atom is 0.223 e. The molecule has 1 saturated heterocycles. The zero-order chi connectivity index (χ0) is 18.6. The van der Waals surface area contributed by atoms with Crippen molar-refractivity contribution in [2.75, 3.05) is 13.1 Å². The number of aryl methyl sites for hydroxylation is 1. The number of hydrogen-bond donors (Lipinski definition) is 1. The molecule has 1 heterocycles. The highest BCUT2D eigenvalue weighted by Gasteiger charge is 2.31. The van der Waals surface area contributed by atoms with Gasteiger partial charge in [0, 0.05) is 25.0 Å². The number of amides is 1. The van der Waals surface area contributed by atoms with Crippen LogP contribution in [0, 0.1) is 18.8 Å². The van der Waals surface area contributed by atoms with Crippen LogP contribution in [0.3, 0.4) is 0 Å². The van der Waals surface area contributed by atoms with Crippen LogP contribution in [0.25, 0.3) is 0 Å². The molecule has 25 heavy (non-hydrogen) atoms. The Kier molecular flexibility index (Phi) is 6.63. The molecule has 140 valence electrons. The van der Waals surface area contributed by atoms with Crippen LogP contribution in [0.5, 0.6) is 0 Å². The third-order valence-corrected chi connectivity index (χ3v) is 7.01. The molecule has 1 amide bonds. The molecule has 0 saturated carbocycles. The maximum absolute atomic E-state index is 12.7. The number of benzene rings is 1. The second kappa shape index (κ2) is 8.32. The summed E-state index contributed by atoms with van der Waals surface area (Å²) in [6.07, 6.45) is 1.17. The minimum Gasteiger partial charge on any atom is -0.353 e. The summed E-state index contributed by atoms with van der Waals surface area (Å²) in [5, 5.41) is 3.04. The molecule has 1 unspecified atom stereocenters. The first-order valence-electron chi connectivity index (χ1n) is 9.03. The van der Waals surface area contributed by atoms with Crippen LogP contribution >= 0.6 is 0 Å². The summed E-state index contributed by atoms with van der Waals surface area (Å²) in [5.74, 6) is 0.378. The summed E-state index contributed by atoms with van der Waals surface area (Å²) in [4.78, 5) is 12.3. The largest absolute Gasteiger partial charge is 0.353 e. The van der Waals surface area contributed by atoms with Crippen LogP contribution in [-0.4, -0.2) is 37.8 Å². The van der Waals surface area contributed by atoms with Crippen molar-refractivity contribution >= 4 is 15.9 Å². The Balaban J connectivity index is 1.92. The van der Waals surface area contributed by atoms with Gasteiger partial charge >= 0.3 is 0 Å². The minimum atomic E-state index is -3.34. The quantitative estimate of drug-likeness (QED) is 0.842. The highest BCUT2D eigenvalue weighted by molar-refractivity contribution is 7.88. The predicted octanol–water partition coefficient (Wildman–Crippen LogP) is 2.70. The Labute approximate surface area is 151 Å². The summed E-state index contributed by atoms with van der Waals surface area (Å²) in [6, 6.07) is 7.70. The van der Waals surface area contributed by atoms with Gasteiger partial charge in [0.2, 0.25) is 15.9 Å². The van der Waals surface area contributed by atoms with Gasteiger partial charge in [-0.15, -0.1) is 0 Å². The van der Waals surface area contributed by atoms with Crippen LogP contribution < -0.4 is 5.32 Å². The molecule has 1 atom stereocenters. The topological polar surface area (TPSA) is 66.5 Å². The molecule has 1 aliphatic rings. The number of sulfonamides is 1. The van der Waals surface area contributed by atoms with Crippen molar-refractivity contribution in [2.45, 2.75) is 52.3 Å². The van der Waals surface area contributed by atoms with Crippen molar-refractivity contribution in [1.29, 1.82) is 0 Å². The lowest BCUT2D eigenvalue weighted by Crippen LogP contribution is -2.46. The molecule has 5 nitrogen and oxygen atoms in total. The standard InChI is InChI=1S/C19H30N2O3S/c1-14(2)16(4)20-19(22)17-9-11-21(12-10-17)25(23,24)13-18-8-6-5-7-15(18)3/h5-8,14,16-17H,9-13H2,1-4H3,(H,20,22). The summed E-state index contributed by atoms with van der Waals surface area (Å²) < 4.78 is 26.9. The molecule has 1 fully saturated rings. The molecular weight excluding hydrogens is 336 g/mol. The van der Waals surface area contributed by atoms with E-state index in [9.17, 15) is 13.2 Å². The van der Waals surface area contributed by atoms with Crippen molar-refractivity contribution in [3.63, 3.8) is 0 Å². The van der Waals surface area contributed by atoms with Crippen molar-refractivity contribution in [3.05, 3.63) is 35.4 Å². The summed E-state index contributed by atoms with van der Waals surface area (Å²) in [6.45, 7) is 8.92. The van der Waals surface area contributed by atoms with E-state index >= 15 is 0 Å². The lowest BCUT2D eigenvalue weighted by Gasteiger charge is -2.31. The van der Waals surface area contributed by atoms with Crippen LogP contribution in [0.2, 0.25) is 0 Å². The normalized spacial score (nSPS) is 18.3. The summed E-state index contributed by atoms with van der Waals surface area (Å²) >= 11 is 0. The Morgan fingerprint density at radius 2 is 1.80 bits per heavy atom. The number of hydrogen-bond acceptors (Lipinski definition) is 3. The lowest BCUT2D eigenvalue weighted by atomic mass is 9.96. The van der Waals surface area contributed by atoms with E-state index in [1.54, 1.807) is 0 Å². The third-order valence-electron chi connectivity index (χ3n) is 5.19. The molecule has 0 bridgehead atoms. The van der Waals surface area contributed by atoms with Crippen LogP contribution in [0.1, 0.15) is 44.7 Å². The van der Waals surface area contributed by atoms with Gasteiger partial charge in [0.25, 0.3) is 0 Å². The van der Waals surface area contributed by atoms with E-state index in [1.807, 2.05) is 38.1 Å². The Bertz CT molecular complexity index is 692. The fraction of sp³-hybridized carbons (Fsp3) is 0.632. The van der Waals surface area contributed by atoms with Crippen molar-refractivity contribution in [3.8, 4) is 0 Å². The molecule has 1 aromatic carbocycles. The number of rotatable bonds is 6. The van der Waals surface area contributed by atoms with E-state index in [1.165, 1.54) is 4.31 Å². The zero-order valence-electron chi connectivity index (χ0n) is 15.7. The number of nitrogens with one attached hydrogen (secondary N) is 1. The van der Waals surface area contributed by atoms with Crippen molar-refractivity contribution in [2.24, 2.45) is 11.8 Å². The van der Waals surface area contributed by atoms with E-state index in [0.29, 0.717) is 31.8 Å². The molecule has 0 aliphatic carbocycles. The second-order valence-corrected chi connectivity index (χ2v) is 9.37. The van der Waals surface area contributed by atoms with E-state index in [-0.39, 0.29) is 23.6 Å². The van der Waals surface area contributed by atoms with Crippen LogP contribution in [0.4, 0.5) is 0 Å². The minimum absolute atomic E-state index is 0.0287. The van der Waals surface area contributed by atoms with Crippen LogP contribution in [0.15, 0.2) is 24.3 Å². The van der Waals surface area contributed by atoms with E-state index < -0.39 is 10.0 Å². The van der Waals surface area contributed by atoms with Crippen molar-refractivity contribution in [1.82, 2.24) is 9.62 Å². The van der Waals surface area contributed by atoms with E-state index in [2.05, 4.69) is 19.2 Å². The highest BCUT2D eigenvalue weighted by Crippen LogP contribution is 2.23. The smallest absolute Gasteiger partial charge is 0.223 e. The first kappa shape index (κ1) is 19.9. The van der Waals surface area contributed by atoms with Gasteiger partial charge in [0.05, 0.1) is 5.75 Å². The van der Waals surface area contributed by atoms with Gasteiger partial charge in [0.15, 0.2) is 0 Å². The number of nitrogens with zero attached hydrogens (tertiary/aromatic N) is 1. The average molecular weight is 367 g/mol. The summed E-state index contributed by atoms with van der Waals surface area (Å²) in [7, 11) is -3.34. The molecular formula is C19H30N2O3S. The Morgan fingerprint density at radius 3 is 2.36 bits per heavy atom. The first-order chi connectivity index (χ1) is 11.7. The van der Waals surface area contributed by atoms with Gasteiger partial charge in [-0.25, -0.2) is 12.7 Å². The molecule has 1 N–H and O–H groups in total. The number of piperidine rings is 1. The SMILES string of the molecule is Cc1ccccc1CS(=O)(=O)N1CCC(C(=O)NC(C)C(C)C)CC1. The van der Waals surface area contributed by atoms with E-state index in [4.69, 9.17) is 0 Å². The molecule has 1 aliphatic heterocycles. The highest BCUT2D eigenvalue weighted by atomic mass is 32.2. The fourth-order valence-electron chi connectivity index (χ4n) is 2.96. The summed E-state index contributed by atoms with van der Waals surface area (Å²) in [5.41, 5.74) is 1.83. The molecule has 6 heteroatoms. The zero-order valence-corrected chi connectivity index (χ0v) is 16.5. The molecule has 2 rings (SSSR count). The second-order valence-electron chi connectivity index (χ2n) is 7.40. The molecule has 1 aromatic rings. The van der Waals surface area contributed by atoms with E-state index in [0.717, 1.165) is 11.1 Å². The van der Waals surface area contributed by atoms with Crippen molar-refractivity contribution < 1.29 is 13.2 Å². The lowest BCUT2D eigenvalue weighted by molar-refractivity contribution is -0.127. The van der Waals surface area contributed by atoms with Gasteiger partial charge in [-0.1, -0.05) is 38.1 Å². The van der Waals surface area contributed by atoms with Gasteiger partial charge in [-0.05, 0) is 43.7 Å². The molecule has 0 aromatic heterocycles. The number of carbonyl (C=O) groups excluding carboxylic acids is 1. The van der Waals surface area contributed by atoms with Gasteiger partial charge in [-0.3, -0.25) is 4.79 Å². The fourth-order valence-corrected chi connectivity index (χ4v) is 4.63. The molecule has 0 radical (unpaired) electrons. The van der Waals surface area contributed by atoms with Crippen LogP contribution in [-0.2, 0) is 20.6 Å². The monoisotopic (exact) mass is 366 g/mol. The van der Waals surface area contributed by atoms with Gasteiger partial charge in [-0.2, -0.15) is 0 Å². The number of carbonyl (C=O) groups is 1. The molecule has 0 spiro atoms. The Morgan fingerprint density at radius 1 is 1.20 bits per heavy atom. The Hall–Kier alpha value is -1.40. The first-order valence-corrected chi connectivity index (χ1v) is 10.6.